The van der Waals surface area contributed by atoms with Crippen molar-refractivity contribution in [2.24, 2.45) is 0 Å². The lowest BCUT2D eigenvalue weighted by atomic mass is 9.96. The number of likely N-dealkylation sites (N-methyl/N-ethyl adjacent to an activating group) is 1. The van der Waals surface area contributed by atoms with Crippen LogP contribution in [-0.2, 0) is 6.42 Å². The van der Waals surface area contributed by atoms with E-state index in [9.17, 15) is 4.39 Å². The molecule has 0 amide bonds. The minimum absolute atomic E-state index is 0.129. The molecule has 1 N–H and O–H groups in total. The summed E-state index contributed by atoms with van der Waals surface area (Å²) in [5.41, 5.74) is 5.55. The van der Waals surface area contributed by atoms with Crippen LogP contribution in [-0.4, -0.2) is 6.54 Å². The highest BCUT2D eigenvalue weighted by atomic mass is 19.1. The summed E-state index contributed by atoms with van der Waals surface area (Å²) in [6.07, 6.45) is 0.874. The molecule has 0 fully saturated rings. The topological polar surface area (TPSA) is 12.0 Å². The van der Waals surface area contributed by atoms with E-state index in [1.54, 1.807) is 13.0 Å². The van der Waals surface area contributed by atoms with E-state index in [2.05, 4.69) is 44.3 Å². The first-order valence-corrected chi connectivity index (χ1v) is 7.56. The first-order chi connectivity index (χ1) is 9.99. The first-order valence-electron chi connectivity index (χ1n) is 7.56. The van der Waals surface area contributed by atoms with E-state index in [0.29, 0.717) is 5.56 Å². The van der Waals surface area contributed by atoms with E-state index in [1.165, 1.54) is 16.7 Å². The molecule has 2 aromatic carbocycles. The summed E-state index contributed by atoms with van der Waals surface area (Å²) in [6.45, 7) is 8.98. The maximum absolute atomic E-state index is 13.8. The Morgan fingerprint density at radius 1 is 1.00 bits per heavy atom. The molecule has 1 nitrogen and oxygen atoms in total. The van der Waals surface area contributed by atoms with Gasteiger partial charge in [-0.3, -0.25) is 0 Å². The molecule has 2 aromatic rings. The molecule has 0 saturated carbocycles. The average molecular weight is 285 g/mol. The number of hydrogen-bond acceptors (Lipinski definition) is 1. The minimum Gasteiger partial charge on any atom is -0.310 e. The van der Waals surface area contributed by atoms with E-state index in [1.807, 2.05) is 12.1 Å². The molecule has 0 aliphatic carbocycles. The van der Waals surface area contributed by atoms with Crippen molar-refractivity contribution >= 4 is 0 Å². The lowest BCUT2D eigenvalue weighted by Gasteiger charge is -2.19. The van der Waals surface area contributed by atoms with Crippen molar-refractivity contribution in [1.29, 1.82) is 0 Å². The highest BCUT2D eigenvalue weighted by Gasteiger charge is 2.13. The van der Waals surface area contributed by atoms with Crippen molar-refractivity contribution in [3.05, 3.63) is 70.0 Å². The second kappa shape index (κ2) is 6.86. The minimum atomic E-state index is -0.129. The Morgan fingerprint density at radius 3 is 2.24 bits per heavy atom. The largest absolute Gasteiger partial charge is 0.310 e. The van der Waals surface area contributed by atoms with Gasteiger partial charge >= 0.3 is 0 Å². The number of nitrogens with one attached hydrogen (secondary N) is 1. The molecule has 21 heavy (non-hydrogen) atoms. The molecule has 0 spiro atoms. The molecular formula is C19H24FN. The lowest BCUT2D eigenvalue weighted by Crippen LogP contribution is -2.23. The summed E-state index contributed by atoms with van der Waals surface area (Å²) in [4.78, 5) is 0. The summed E-state index contributed by atoms with van der Waals surface area (Å²) < 4.78 is 13.8. The van der Waals surface area contributed by atoms with Gasteiger partial charge in [0.25, 0.3) is 0 Å². The fourth-order valence-electron chi connectivity index (χ4n) is 2.80. The second-order valence-corrected chi connectivity index (χ2v) is 5.82. The molecule has 0 aliphatic rings. The van der Waals surface area contributed by atoms with Gasteiger partial charge in [0.2, 0.25) is 0 Å². The van der Waals surface area contributed by atoms with E-state index in [4.69, 9.17) is 0 Å². The fourth-order valence-corrected chi connectivity index (χ4v) is 2.80. The van der Waals surface area contributed by atoms with E-state index >= 15 is 0 Å². The van der Waals surface area contributed by atoms with Crippen LogP contribution in [0.3, 0.4) is 0 Å². The van der Waals surface area contributed by atoms with Gasteiger partial charge in [-0.2, -0.15) is 0 Å². The third-order valence-electron chi connectivity index (χ3n) is 3.77. The molecule has 112 valence electrons. The van der Waals surface area contributed by atoms with Gasteiger partial charge in [0.15, 0.2) is 0 Å². The first kappa shape index (κ1) is 15.7. The van der Waals surface area contributed by atoms with Crippen LogP contribution in [0.2, 0.25) is 0 Å². The highest BCUT2D eigenvalue weighted by molar-refractivity contribution is 5.32. The zero-order valence-corrected chi connectivity index (χ0v) is 13.3. The normalized spacial score (nSPS) is 12.4. The van der Waals surface area contributed by atoms with Crippen LogP contribution in [0.1, 0.15) is 40.8 Å². The van der Waals surface area contributed by atoms with Crippen molar-refractivity contribution in [3.8, 4) is 0 Å². The molecule has 0 heterocycles. The van der Waals surface area contributed by atoms with Crippen molar-refractivity contribution in [2.45, 2.75) is 40.2 Å². The number of halogens is 1. The van der Waals surface area contributed by atoms with Gasteiger partial charge in [0.1, 0.15) is 5.82 Å². The van der Waals surface area contributed by atoms with E-state index in [-0.39, 0.29) is 11.9 Å². The predicted molar refractivity (Wildman–Crippen MR) is 87.2 cm³/mol. The average Bonchev–Trinajstić information content (AvgIpc) is 2.40. The Labute approximate surface area is 127 Å². The lowest BCUT2D eigenvalue weighted by molar-refractivity contribution is 0.541. The van der Waals surface area contributed by atoms with Gasteiger partial charge < -0.3 is 5.32 Å². The number of rotatable bonds is 5. The Morgan fingerprint density at radius 2 is 1.67 bits per heavy atom. The maximum Gasteiger partial charge on any atom is 0.126 e. The number of benzene rings is 2. The smallest absolute Gasteiger partial charge is 0.126 e. The number of hydrogen-bond donors (Lipinski definition) is 1. The van der Waals surface area contributed by atoms with E-state index in [0.717, 1.165) is 18.5 Å². The zero-order valence-electron chi connectivity index (χ0n) is 13.3. The molecule has 2 heteroatoms. The molecule has 0 aromatic heterocycles. The molecule has 0 aliphatic heterocycles. The van der Waals surface area contributed by atoms with E-state index < -0.39 is 0 Å². The SMILES string of the molecule is CCNC(Cc1cc(C)cc(C)c1)c1ccc(C)c(F)c1. The Bertz CT molecular complexity index is 599. The van der Waals surface area contributed by atoms with Crippen molar-refractivity contribution in [3.63, 3.8) is 0 Å². The standard InChI is InChI=1S/C19H24FN/c1-5-21-19(17-7-6-15(4)18(20)12-17)11-16-9-13(2)8-14(3)10-16/h6-10,12,19,21H,5,11H2,1-4H3. The number of aryl methyl sites for hydroxylation is 3. The zero-order chi connectivity index (χ0) is 15.4. The van der Waals surface area contributed by atoms with Crippen molar-refractivity contribution < 1.29 is 4.39 Å². The molecule has 1 atom stereocenters. The van der Waals surface area contributed by atoms with Crippen LogP contribution < -0.4 is 5.32 Å². The van der Waals surface area contributed by atoms with Gasteiger partial charge in [-0.1, -0.05) is 48.4 Å². The summed E-state index contributed by atoms with van der Waals surface area (Å²) in [6, 6.07) is 12.3. The van der Waals surface area contributed by atoms with Gasteiger partial charge in [-0.05, 0) is 56.5 Å². The molecule has 2 rings (SSSR count). The Balaban J connectivity index is 2.27. The van der Waals surface area contributed by atoms with Gasteiger partial charge in [0.05, 0.1) is 0 Å². The van der Waals surface area contributed by atoms with Crippen LogP contribution in [0.4, 0.5) is 4.39 Å². The summed E-state index contributed by atoms with van der Waals surface area (Å²) in [5, 5.41) is 3.47. The highest BCUT2D eigenvalue weighted by Crippen LogP contribution is 2.22. The van der Waals surface area contributed by atoms with Crippen LogP contribution in [0.15, 0.2) is 36.4 Å². The van der Waals surface area contributed by atoms with Crippen LogP contribution in [0, 0.1) is 26.6 Å². The molecule has 0 radical (unpaired) electrons. The Kier molecular flexibility index (Phi) is 5.13. The third kappa shape index (κ3) is 4.15. The van der Waals surface area contributed by atoms with Crippen LogP contribution in [0.25, 0.3) is 0 Å². The summed E-state index contributed by atoms with van der Waals surface area (Å²) >= 11 is 0. The molecule has 0 bridgehead atoms. The molecule has 1 unspecified atom stereocenters. The third-order valence-corrected chi connectivity index (χ3v) is 3.77. The van der Waals surface area contributed by atoms with Gasteiger partial charge in [0, 0.05) is 6.04 Å². The molecular weight excluding hydrogens is 261 g/mol. The maximum atomic E-state index is 13.8. The van der Waals surface area contributed by atoms with Crippen LogP contribution in [0.5, 0.6) is 0 Å². The Hall–Kier alpha value is -1.67. The van der Waals surface area contributed by atoms with Crippen molar-refractivity contribution in [2.75, 3.05) is 6.54 Å². The molecule has 0 saturated heterocycles. The fraction of sp³-hybridized carbons (Fsp3) is 0.368. The summed E-state index contributed by atoms with van der Waals surface area (Å²) in [7, 11) is 0. The van der Waals surface area contributed by atoms with Crippen LogP contribution >= 0.6 is 0 Å². The van der Waals surface area contributed by atoms with Gasteiger partial charge in [-0.25, -0.2) is 4.39 Å². The predicted octanol–water partition coefficient (Wildman–Crippen LogP) is 4.64. The summed E-state index contributed by atoms with van der Waals surface area (Å²) in [5.74, 6) is -0.129. The monoisotopic (exact) mass is 285 g/mol. The van der Waals surface area contributed by atoms with Gasteiger partial charge in [-0.15, -0.1) is 0 Å². The van der Waals surface area contributed by atoms with Crippen molar-refractivity contribution in [1.82, 2.24) is 5.32 Å². The quantitative estimate of drug-likeness (QED) is 0.843. The second-order valence-electron chi connectivity index (χ2n) is 5.82.